The molecule has 2 saturated carbocycles. The summed E-state index contributed by atoms with van der Waals surface area (Å²) in [6.07, 6.45) is 6.39. The molecule has 0 atom stereocenters. The first-order valence-corrected chi connectivity index (χ1v) is 4.49. The quantitative estimate of drug-likeness (QED) is 0.645. The highest BCUT2D eigenvalue weighted by Gasteiger charge is 2.49. The predicted molar refractivity (Wildman–Crippen MR) is 43.1 cm³/mol. The third-order valence-corrected chi connectivity index (χ3v) is 3.43. The van der Waals surface area contributed by atoms with E-state index < -0.39 is 0 Å². The molecule has 0 aliphatic heterocycles. The van der Waals surface area contributed by atoms with E-state index in [4.69, 9.17) is 5.73 Å². The summed E-state index contributed by atoms with van der Waals surface area (Å²) >= 11 is 0. The molecule has 0 unspecified atom stereocenters. The van der Waals surface area contributed by atoms with Crippen molar-refractivity contribution in [2.75, 3.05) is 6.54 Å². The second kappa shape index (κ2) is 2.31. The zero-order valence-corrected chi connectivity index (χ0v) is 6.81. The van der Waals surface area contributed by atoms with Crippen LogP contribution in [0.2, 0.25) is 0 Å². The van der Waals surface area contributed by atoms with E-state index in [-0.39, 0.29) is 12.3 Å². The Labute approximate surface area is 67.1 Å². The van der Waals surface area contributed by atoms with E-state index in [9.17, 15) is 4.79 Å². The van der Waals surface area contributed by atoms with Gasteiger partial charge in [-0.2, -0.15) is 0 Å². The van der Waals surface area contributed by atoms with Crippen LogP contribution in [0.5, 0.6) is 0 Å². The number of nitrogens with two attached hydrogens (primary N) is 1. The number of carbonyl (C=O) groups excluding carboxylic acids is 1. The lowest BCUT2D eigenvalue weighted by Gasteiger charge is -2.53. The topological polar surface area (TPSA) is 43.1 Å². The third kappa shape index (κ3) is 1.00. The summed E-state index contributed by atoms with van der Waals surface area (Å²) in [7, 11) is 0. The van der Waals surface area contributed by atoms with Crippen molar-refractivity contribution in [3.63, 3.8) is 0 Å². The molecule has 2 heteroatoms. The molecule has 0 aromatic rings. The normalized spacial score (nSPS) is 27.7. The summed E-state index contributed by atoms with van der Waals surface area (Å²) < 4.78 is 0. The van der Waals surface area contributed by atoms with Gasteiger partial charge in [-0.1, -0.05) is 6.42 Å². The average Bonchev–Trinajstić information content (AvgIpc) is 1.81. The largest absolute Gasteiger partial charge is 0.324 e. The first kappa shape index (κ1) is 7.29. The Morgan fingerprint density at radius 2 is 2.09 bits per heavy atom. The summed E-state index contributed by atoms with van der Waals surface area (Å²) in [4.78, 5) is 11.1. The van der Waals surface area contributed by atoms with Gasteiger partial charge in [0.25, 0.3) is 0 Å². The smallest absolute Gasteiger partial charge is 0.149 e. The molecule has 0 aromatic heterocycles. The Morgan fingerprint density at radius 3 is 2.45 bits per heavy atom. The number of rotatable bonds is 2. The highest BCUT2D eigenvalue weighted by atomic mass is 16.1. The third-order valence-electron chi connectivity index (χ3n) is 3.43. The molecule has 11 heavy (non-hydrogen) atoms. The molecular weight excluding hydrogens is 138 g/mol. The molecule has 1 spiro atoms. The van der Waals surface area contributed by atoms with Crippen molar-refractivity contribution in [2.24, 2.45) is 17.1 Å². The van der Waals surface area contributed by atoms with Gasteiger partial charge in [0.1, 0.15) is 5.78 Å². The first-order chi connectivity index (χ1) is 5.26. The molecule has 2 nitrogen and oxygen atoms in total. The molecule has 0 bridgehead atoms. The maximum Gasteiger partial charge on any atom is 0.149 e. The van der Waals surface area contributed by atoms with Crippen LogP contribution in [0, 0.1) is 11.3 Å². The summed E-state index contributed by atoms with van der Waals surface area (Å²) in [6.45, 7) is 0.251. The summed E-state index contributed by atoms with van der Waals surface area (Å²) in [6, 6.07) is 0. The minimum Gasteiger partial charge on any atom is -0.324 e. The van der Waals surface area contributed by atoms with Crippen LogP contribution in [0.25, 0.3) is 0 Å². The van der Waals surface area contributed by atoms with E-state index in [0.717, 1.165) is 12.8 Å². The van der Waals surface area contributed by atoms with Gasteiger partial charge in [0.2, 0.25) is 0 Å². The summed E-state index contributed by atoms with van der Waals surface area (Å²) in [5, 5.41) is 0. The van der Waals surface area contributed by atoms with Crippen LogP contribution in [0.1, 0.15) is 32.1 Å². The molecule has 0 heterocycles. The van der Waals surface area contributed by atoms with Crippen LogP contribution in [0.3, 0.4) is 0 Å². The Bertz CT molecular complexity index is 176. The Balaban J connectivity index is 1.83. The summed E-state index contributed by atoms with van der Waals surface area (Å²) in [5.74, 6) is 0.614. The Morgan fingerprint density at radius 1 is 1.45 bits per heavy atom. The molecule has 0 aromatic carbocycles. The zero-order chi connectivity index (χ0) is 7.90. The van der Waals surface area contributed by atoms with Crippen molar-refractivity contribution in [3.05, 3.63) is 0 Å². The predicted octanol–water partition coefficient (Wildman–Crippen LogP) is 1.09. The highest BCUT2D eigenvalue weighted by molar-refractivity contribution is 5.83. The first-order valence-electron chi connectivity index (χ1n) is 4.49. The number of ketones is 1. The van der Waals surface area contributed by atoms with E-state index in [2.05, 4.69) is 0 Å². The average molecular weight is 153 g/mol. The molecule has 2 fully saturated rings. The fraction of sp³-hybridized carbons (Fsp3) is 0.889. The molecule has 0 saturated heterocycles. The second-order valence-corrected chi connectivity index (χ2v) is 4.13. The minimum absolute atomic E-state index is 0.251. The number of hydrogen-bond donors (Lipinski definition) is 1. The maximum absolute atomic E-state index is 11.1. The summed E-state index contributed by atoms with van der Waals surface area (Å²) in [5.41, 5.74) is 5.90. The van der Waals surface area contributed by atoms with Crippen molar-refractivity contribution in [3.8, 4) is 0 Å². The zero-order valence-electron chi connectivity index (χ0n) is 6.81. The number of Topliss-reactive ketones (excluding diaryl/α,β-unsaturated/α-hetero) is 1. The van der Waals surface area contributed by atoms with Crippen molar-refractivity contribution in [2.45, 2.75) is 32.1 Å². The molecule has 2 aliphatic rings. The lowest BCUT2D eigenvalue weighted by molar-refractivity contribution is -0.133. The minimum atomic E-state index is 0.251. The monoisotopic (exact) mass is 153 g/mol. The maximum atomic E-state index is 11.1. The van der Waals surface area contributed by atoms with E-state index in [1.165, 1.54) is 19.3 Å². The lowest BCUT2D eigenvalue weighted by Crippen LogP contribution is -2.47. The van der Waals surface area contributed by atoms with Crippen LogP contribution in [0.4, 0.5) is 0 Å². The Kier molecular flexibility index (Phi) is 1.53. The molecule has 2 N–H and O–H groups in total. The van der Waals surface area contributed by atoms with Gasteiger partial charge < -0.3 is 5.73 Å². The fourth-order valence-electron chi connectivity index (χ4n) is 2.46. The van der Waals surface area contributed by atoms with Gasteiger partial charge in [0.15, 0.2) is 0 Å². The van der Waals surface area contributed by atoms with Gasteiger partial charge in [0.05, 0.1) is 6.54 Å². The molecular formula is C9H15NO. The van der Waals surface area contributed by atoms with Gasteiger partial charge >= 0.3 is 0 Å². The van der Waals surface area contributed by atoms with Crippen LogP contribution >= 0.6 is 0 Å². The van der Waals surface area contributed by atoms with Gasteiger partial charge in [-0.15, -0.1) is 0 Å². The molecule has 2 aliphatic carbocycles. The highest BCUT2D eigenvalue weighted by Crippen LogP contribution is 2.58. The van der Waals surface area contributed by atoms with Crippen LogP contribution in [-0.4, -0.2) is 12.3 Å². The van der Waals surface area contributed by atoms with E-state index in [1.54, 1.807) is 0 Å². The molecule has 2 rings (SSSR count). The van der Waals surface area contributed by atoms with Crippen molar-refractivity contribution < 1.29 is 4.79 Å². The van der Waals surface area contributed by atoms with Gasteiger partial charge in [-0.05, 0) is 31.1 Å². The van der Waals surface area contributed by atoms with Gasteiger partial charge in [0, 0.05) is 5.92 Å². The molecule has 62 valence electrons. The fourth-order valence-corrected chi connectivity index (χ4v) is 2.46. The van der Waals surface area contributed by atoms with Crippen molar-refractivity contribution >= 4 is 5.78 Å². The van der Waals surface area contributed by atoms with Crippen molar-refractivity contribution in [1.29, 1.82) is 0 Å². The second-order valence-electron chi connectivity index (χ2n) is 4.13. The van der Waals surface area contributed by atoms with E-state index in [1.807, 2.05) is 0 Å². The van der Waals surface area contributed by atoms with Crippen LogP contribution in [-0.2, 0) is 4.79 Å². The van der Waals surface area contributed by atoms with Gasteiger partial charge in [-0.25, -0.2) is 0 Å². The van der Waals surface area contributed by atoms with Gasteiger partial charge in [-0.3, -0.25) is 4.79 Å². The van der Waals surface area contributed by atoms with Crippen molar-refractivity contribution in [1.82, 2.24) is 0 Å². The number of carbonyl (C=O) groups is 1. The Hall–Kier alpha value is -0.370. The molecule has 0 amide bonds. The SMILES string of the molecule is NCC(=O)C1CC2(CCC2)C1. The standard InChI is InChI=1S/C9H15NO/c10-6-8(11)7-4-9(5-7)2-1-3-9/h7H,1-6,10H2. The molecule has 0 radical (unpaired) electrons. The van der Waals surface area contributed by atoms with E-state index in [0.29, 0.717) is 11.3 Å². The number of hydrogen-bond acceptors (Lipinski definition) is 2. The van der Waals surface area contributed by atoms with Crippen LogP contribution < -0.4 is 5.73 Å². The lowest BCUT2D eigenvalue weighted by atomic mass is 9.51. The van der Waals surface area contributed by atoms with E-state index >= 15 is 0 Å². The van der Waals surface area contributed by atoms with Crippen LogP contribution in [0.15, 0.2) is 0 Å².